The van der Waals surface area contributed by atoms with E-state index in [9.17, 15) is 14.9 Å². The van der Waals surface area contributed by atoms with Gasteiger partial charge in [0.05, 0.1) is 12.0 Å². The number of hydrogen-bond donors (Lipinski definition) is 0. The number of thioether (sulfide) groups is 1. The molecule has 0 bridgehead atoms. The minimum Gasteiger partial charge on any atom is -0.496 e. The summed E-state index contributed by atoms with van der Waals surface area (Å²) in [6.45, 7) is 0. The van der Waals surface area contributed by atoms with Gasteiger partial charge in [0.15, 0.2) is 5.78 Å². The van der Waals surface area contributed by atoms with Crippen LogP contribution in [0.5, 0.6) is 5.75 Å². The molecule has 2 aromatic carbocycles. The highest BCUT2D eigenvalue weighted by Crippen LogP contribution is 2.29. The molecule has 0 aromatic heterocycles. The van der Waals surface area contributed by atoms with Crippen molar-refractivity contribution in [2.24, 2.45) is 0 Å². The highest BCUT2D eigenvalue weighted by Gasteiger charge is 2.10. The van der Waals surface area contributed by atoms with Crippen LogP contribution in [0.25, 0.3) is 6.08 Å². The summed E-state index contributed by atoms with van der Waals surface area (Å²) in [7, 11) is 1.54. The van der Waals surface area contributed by atoms with Crippen molar-refractivity contribution in [2.45, 2.75) is 4.90 Å². The first kappa shape index (κ1) is 18.0. The van der Waals surface area contributed by atoms with Gasteiger partial charge in [0.1, 0.15) is 5.75 Å². The summed E-state index contributed by atoms with van der Waals surface area (Å²) in [6.07, 6.45) is 4.72. The lowest BCUT2D eigenvalue weighted by molar-refractivity contribution is -0.384. The Morgan fingerprint density at radius 1 is 1.29 bits per heavy atom. The first-order chi connectivity index (χ1) is 11.5. The van der Waals surface area contributed by atoms with Crippen LogP contribution in [0.4, 0.5) is 5.69 Å². The Bertz CT molecular complexity index is 820. The number of benzene rings is 2. The van der Waals surface area contributed by atoms with Crippen molar-refractivity contribution in [3.8, 4) is 5.75 Å². The summed E-state index contributed by atoms with van der Waals surface area (Å²) in [6, 6.07) is 9.24. The molecule has 0 aliphatic rings. The standard InChI is InChI=1S/C17H14ClNO4S/c1-23-16-10-12(4-8-17(16)24-2)15(20)7-3-11-9-13(19(21)22)5-6-14(11)18/h3-10H,1-2H3. The molecule has 0 atom stereocenters. The summed E-state index contributed by atoms with van der Waals surface area (Å²) >= 11 is 7.53. The van der Waals surface area contributed by atoms with Crippen LogP contribution in [-0.4, -0.2) is 24.1 Å². The van der Waals surface area contributed by atoms with Crippen molar-refractivity contribution < 1.29 is 14.5 Å². The molecule has 0 unspecified atom stereocenters. The Hall–Kier alpha value is -2.31. The Morgan fingerprint density at radius 3 is 2.67 bits per heavy atom. The van der Waals surface area contributed by atoms with Crippen LogP contribution in [0.1, 0.15) is 15.9 Å². The molecule has 0 spiro atoms. The zero-order valence-electron chi connectivity index (χ0n) is 13.0. The van der Waals surface area contributed by atoms with Gasteiger partial charge in [-0.1, -0.05) is 11.6 Å². The first-order valence-corrected chi connectivity index (χ1v) is 8.45. The third-order valence-electron chi connectivity index (χ3n) is 3.27. The average molecular weight is 364 g/mol. The molecule has 0 fully saturated rings. The fraction of sp³-hybridized carbons (Fsp3) is 0.118. The second kappa shape index (κ2) is 7.99. The molecule has 2 rings (SSSR count). The number of nitro groups is 1. The van der Waals surface area contributed by atoms with Crippen LogP contribution < -0.4 is 4.74 Å². The van der Waals surface area contributed by atoms with Gasteiger partial charge in [0.25, 0.3) is 5.69 Å². The minimum absolute atomic E-state index is 0.0857. The maximum atomic E-state index is 12.3. The highest BCUT2D eigenvalue weighted by molar-refractivity contribution is 7.98. The third-order valence-corrected chi connectivity index (χ3v) is 4.39. The van der Waals surface area contributed by atoms with Gasteiger partial charge < -0.3 is 4.74 Å². The molecule has 0 radical (unpaired) electrons. The smallest absolute Gasteiger partial charge is 0.270 e. The van der Waals surface area contributed by atoms with Crippen LogP contribution in [0.3, 0.4) is 0 Å². The molecular formula is C17H14ClNO4S. The number of carbonyl (C=O) groups is 1. The predicted octanol–water partition coefficient (Wildman–Crippen LogP) is 4.87. The Kier molecular flexibility index (Phi) is 6.00. The maximum absolute atomic E-state index is 12.3. The van der Waals surface area contributed by atoms with Gasteiger partial charge in [-0.2, -0.15) is 0 Å². The van der Waals surface area contributed by atoms with Crippen LogP contribution in [0.2, 0.25) is 5.02 Å². The number of non-ortho nitro benzene ring substituents is 1. The number of halogens is 1. The molecule has 0 aliphatic heterocycles. The molecule has 0 N–H and O–H groups in total. The van der Waals surface area contributed by atoms with Crippen molar-refractivity contribution in [2.75, 3.05) is 13.4 Å². The zero-order valence-corrected chi connectivity index (χ0v) is 14.6. The third kappa shape index (κ3) is 4.15. The topological polar surface area (TPSA) is 69.4 Å². The number of rotatable bonds is 6. The Balaban J connectivity index is 2.28. The molecule has 124 valence electrons. The van der Waals surface area contributed by atoms with Gasteiger partial charge in [-0.3, -0.25) is 14.9 Å². The van der Waals surface area contributed by atoms with Crippen molar-refractivity contribution in [3.05, 3.63) is 68.7 Å². The molecule has 0 heterocycles. The van der Waals surface area contributed by atoms with E-state index in [0.29, 0.717) is 21.9 Å². The summed E-state index contributed by atoms with van der Waals surface area (Å²) in [5.74, 6) is 0.374. The summed E-state index contributed by atoms with van der Waals surface area (Å²) < 4.78 is 5.26. The number of allylic oxidation sites excluding steroid dienone is 1. The molecule has 5 nitrogen and oxygen atoms in total. The van der Waals surface area contributed by atoms with Gasteiger partial charge >= 0.3 is 0 Å². The molecule has 2 aromatic rings. The van der Waals surface area contributed by atoms with Gasteiger partial charge in [-0.25, -0.2) is 0 Å². The van der Waals surface area contributed by atoms with E-state index in [-0.39, 0.29) is 11.5 Å². The van der Waals surface area contributed by atoms with Crippen molar-refractivity contribution in [1.29, 1.82) is 0 Å². The van der Waals surface area contributed by atoms with Crippen molar-refractivity contribution >= 4 is 40.9 Å². The van der Waals surface area contributed by atoms with E-state index >= 15 is 0 Å². The highest BCUT2D eigenvalue weighted by atomic mass is 35.5. The van der Waals surface area contributed by atoms with Crippen LogP contribution >= 0.6 is 23.4 Å². The van der Waals surface area contributed by atoms with Gasteiger partial charge in [-0.15, -0.1) is 11.8 Å². The van der Waals surface area contributed by atoms with Crippen LogP contribution in [-0.2, 0) is 0 Å². The number of nitrogens with zero attached hydrogens (tertiary/aromatic N) is 1. The lowest BCUT2D eigenvalue weighted by atomic mass is 10.1. The molecule has 0 amide bonds. The molecule has 24 heavy (non-hydrogen) atoms. The predicted molar refractivity (Wildman–Crippen MR) is 96.2 cm³/mol. The number of hydrogen-bond acceptors (Lipinski definition) is 5. The monoisotopic (exact) mass is 363 g/mol. The SMILES string of the molecule is COc1cc(C(=O)C=Cc2cc([N+](=O)[O-])ccc2Cl)ccc1SC. The molecule has 0 saturated carbocycles. The van der Waals surface area contributed by atoms with Gasteiger partial charge in [0, 0.05) is 27.6 Å². The van der Waals surface area contributed by atoms with Crippen molar-refractivity contribution in [1.82, 2.24) is 0 Å². The van der Waals surface area contributed by atoms with E-state index in [1.54, 1.807) is 19.2 Å². The molecular weight excluding hydrogens is 350 g/mol. The summed E-state index contributed by atoms with van der Waals surface area (Å²) in [5, 5.41) is 11.1. The lowest BCUT2D eigenvalue weighted by Gasteiger charge is -2.07. The maximum Gasteiger partial charge on any atom is 0.270 e. The molecule has 0 saturated heterocycles. The van der Waals surface area contributed by atoms with Crippen molar-refractivity contribution in [3.63, 3.8) is 0 Å². The second-order valence-corrected chi connectivity index (χ2v) is 5.99. The van der Waals surface area contributed by atoms with E-state index in [1.807, 2.05) is 12.3 Å². The van der Waals surface area contributed by atoms with E-state index in [2.05, 4.69) is 0 Å². The second-order valence-electron chi connectivity index (χ2n) is 4.73. The summed E-state index contributed by atoms with van der Waals surface area (Å²) in [4.78, 5) is 23.5. The van der Waals surface area contributed by atoms with Gasteiger partial charge in [-0.05, 0) is 48.2 Å². The zero-order chi connectivity index (χ0) is 17.7. The quantitative estimate of drug-likeness (QED) is 0.240. The minimum atomic E-state index is -0.512. The van der Waals surface area contributed by atoms with Crippen LogP contribution in [0.15, 0.2) is 47.4 Å². The first-order valence-electron chi connectivity index (χ1n) is 6.84. The number of ether oxygens (including phenoxy) is 1. The van der Waals surface area contributed by atoms with E-state index in [1.165, 1.54) is 42.1 Å². The number of methoxy groups -OCH3 is 1. The number of ketones is 1. The fourth-order valence-electron chi connectivity index (χ4n) is 2.02. The average Bonchev–Trinajstić information content (AvgIpc) is 2.59. The lowest BCUT2D eigenvalue weighted by Crippen LogP contribution is -1.96. The Labute approximate surface area is 148 Å². The number of nitro benzene ring substituents is 1. The van der Waals surface area contributed by atoms with Crippen LogP contribution in [0, 0.1) is 10.1 Å². The fourth-order valence-corrected chi connectivity index (χ4v) is 2.75. The number of carbonyl (C=O) groups excluding carboxylic acids is 1. The van der Waals surface area contributed by atoms with E-state index < -0.39 is 4.92 Å². The van der Waals surface area contributed by atoms with E-state index in [4.69, 9.17) is 16.3 Å². The Morgan fingerprint density at radius 2 is 2.04 bits per heavy atom. The largest absolute Gasteiger partial charge is 0.496 e. The normalized spacial score (nSPS) is 10.8. The van der Waals surface area contributed by atoms with E-state index in [0.717, 1.165) is 4.90 Å². The molecule has 0 aliphatic carbocycles. The molecule has 7 heteroatoms. The summed E-state index contributed by atoms with van der Waals surface area (Å²) in [5.41, 5.74) is 0.784. The van der Waals surface area contributed by atoms with Gasteiger partial charge in [0.2, 0.25) is 0 Å².